The molecule has 2 aromatic carbocycles. The summed E-state index contributed by atoms with van der Waals surface area (Å²) in [6.45, 7) is 1.02. The van der Waals surface area contributed by atoms with E-state index in [1.165, 1.54) is 31.2 Å². The van der Waals surface area contributed by atoms with Gasteiger partial charge in [-0.3, -0.25) is 19.7 Å². The Labute approximate surface area is 138 Å². The van der Waals surface area contributed by atoms with Crippen LogP contribution in [0.3, 0.4) is 0 Å². The van der Waals surface area contributed by atoms with E-state index in [0.29, 0.717) is 0 Å². The van der Waals surface area contributed by atoms with Crippen molar-refractivity contribution in [1.82, 2.24) is 0 Å². The summed E-state index contributed by atoms with van der Waals surface area (Å²) in [6.07, 6.45) is 0. The highest BCUT2D eigenvalue weighted by Gasteiger charge is 2.27. The summed E-state index contributed by atoms with van der Waals surface area (Å²) in [5.74, 6) is -1.27. The van der Waals surface area contributed by atoms with Crippen LogP contribution in [-0.4, -0.2) is 23.3 Å². The normalized spacial score (nSPS) is 10.2. The first kappa shape index (κ1) is 17.3. The maximum atomic E-state index is 12.3. The standard InChI is InChI=1S/C17H16N2O5/c1-13(20)18(15-9-5-6-10-16(15)19(22)23)17(21)12-24-11-14-7-3-2-4-8-14/h2-10H,11-12H2,1H3. The number of carbonyl (C=O) groups is 2. The van der Waals surface area contributed by atoms with Gasteiger partial charge in [-0.05, 0) is 11.6 Å². The average Bonchev–Trinajstić information content (AvgIpc) is 2.56. The van der Waals surface area contributed by atoms with Crippen molar-refractivity contribution >= 4 is 23.2 Å². The van der Waals surface area contributed by atoms with E-state index >= 15 is 0 Å². The summed E-state index contributed by atoms with van der Waals surface area (Å²) in [5.41, 5.74) is 0.498. The van der Waals surface area contributed by atoms with Crippen molar-refractivity contribution in [2.45, 2.75) is 13.5 Å². The van der Waals surface area contributed by atoms with E-state index in [9.17, 15) is 19.7 Å². The maximum absolute atomic E-state index is 12.3. The molecule has 7 nitrogen and oxygen atoms in total. The molecule has 0 aliphatic rings. The molecule has 2 rings (SSSR count). The molecule has 0 aromatic heterocycles. The van der Waals surface area contributed by atoms with Crippen molar-refractivity contribution in [3.63, 3.8) is 0 Å². The molecule has 0 heterocycles. The number of anilines is 1. The Bertz CT molecular complexity index is 746. The Hall–Kier alpha value is -3.06. The number of para-hydroxylation sites is 2. The molecule has 24 heavy (non-hydrogen) atoms. The van der Waals surface area contributed by atoms with Crippen molar-refractivity contribution in [2.24, 2.45) is 0 Å². The van der Waals surface area contributed by atoms with E-state index in [0.717, 1.165) is 10.5 Å². The van der Waals surface area contributed by atoms with E-state index < -0.39 is 16.7 Å². The first-order chi connectivity index (χ1) is 11.5. The number of hydrogen-bond donors (Lipinski definition) is 0. The summed E-state index contributed by atoms with van der Waals surface area (Å²) in [4.78, 5) is 35.4. The molecular weight excluding hydrogens is 312 g/mol. The smallest absolute Gasteiger partial charge is 0.293 e. The fourth-order valence-corrected chi connectivity index (χ4v) is 2.18. The van der Waals surface area contributed by atoms with Crippen LogP contribution < -0.4 is 4.90 Å². The second-order valence-corrected chi connectivity index (χ2v) is 4.97. The first-order valence-electron chi connectivity index (χ1n) is 7.19. The van der Waals surface area contributed by atoms with E-state index in [2.05, 4.69) is 0 Å². The van der Waals surface area contributed by atoms with Crippen LogP contribution in [0.5, 0.6) is 0 Å². The van der Waals surface area contributed by atoms with E-state index in [-0.39, 0.29) is 24.6 Å². The molecule has 0 N–H and O–H groups in total. The maximum Gasteiger partial charge on any atom is 0.293 e. The molecule has 0 fully saturated rings. The van der Waals surface area contributed by atoms with Gasteiger partial charge in [-0.1, -0.05) is 42.5 Å². The van der Waals surface area contributed by atoms with Gasteiger partial charge in [0.1, 0.15) is 12.3 Å². The van der Waals surface area contributed by atoms with Crippen LogP contribution in [0.4, 0.5) is 11.4 Å². The minimum Gasteiger partial charge on any atom is -0.367 e. The van der Waals surface area contributed by atoms with Crippen LogP contribution in [0, 0.1) is 10.1 Å². The van der Waals surface area contributed by atoms with Crippen LogP contribution in [0.25, 0.3) is 0 Å². The van der Waals surface area contributed by atoms with Gasteiger partial charge in [0, 0.05) is 13.0 Å². The monoisotopic (exact) mass is 328 g/mol. The summed E-state index contributed by atoms with van der Waals surface area (Å²) < 4.78 is 5.32. The molecule has 0 saturated carbocycles. The van der Waals surface area contributed by atoms with Gasteiger partial charge < -0.3 is 4.74 Å². The number of nitrogens with zero attached hydrogens (tertiary/aromatic N) is 2. The number of carbonyl (C=O) groups excluding carboxylic acids is 2. The van der Waals surface area contributed by atoms with Gasteiger partial charge in [-0.25, -0.2) is 4.90 Å². The lowest BCUT2D eigenvalue weighted by atomic mass is 10.2. The van der Waals surface area contributed by atoms with Crippen molar-refractivity contribution in [3.8, 4) is 0 Å². The zero-order chi connectivity index (χ0) is 17.5. The van der Waals surface area contributed by atoms with E-state index in [1.54, 1.807) is 0 Å². The van der Waals surface area contributed by atoms with E-state index in [1.807, 2.05) is 30.3 Å². The van der Waals surface area contributed by atoms with Gasteiger partial charge in [0.15, 0.2) is 0 Å². The van der Waals surface area contributed by atoms with Crippen molar-refractivity contribution in [2.75, 3.05) is 11.5 Å². The molecule has 0 radical (unpaired) electrons. The van der Waals surface area contributed by atoms with Gasteiger partial charge >= 0.3 is 0 Å². The second-order valence-electron chi connectivity index (χ2n) is 4.97. The minimum atomic E-state index is -0.660. The van der Waals surface area contributed by atoms with Gasteiger partial charge in [0.2, 0.25) is 5.91 Å². The molecular formula is C17H16N2O5. The van der Waals surface area contributed by atoms with Crippen molar-refractivity contribution in [3.05, 3.63) is 70.3 Å². The van der Waals surface area contributed by atoms with E-state index in [4.69, 9.17) is 4.74 Å². The number of amides is 2. The predicted octanol–water partition coefficient (Wildman–Crippen LogP) is 2.69. The quantitative estimate of drug-likeness (QED) is 0.601. The summed E-state index contributed by atoms with van der Waals surface area (Å²) >= 11 is 0. The summed E-state index contributed by atoms with van der Waals surface area (Å²) in [5, 5.41) is 11.1. The summed E-state index contributed by atoms with van der Waals surface area (Å²) in [7, 11) is 0. The number of hydrogen-bond acceptors (Lipinski definition) is 5. The third-order valence-electron chi connectivity index (χ3n) is 3.22. The third-order valence-corrected chi connectivity index (χ3v) is 3.22. The molecule has 0 spiro atoms. The molecule has 0 atom stereocenters. The lowest BCUT2D eigenvalue weighted by Gasteiger charge is -2.19. The number of ether oxygens (including phenoxy) is 1. The van der Waals surface area contributed by atoms with Crippen LogP contribution in [-0.2, 0) is 20.9 Å². The van der Waals surface area contributed by atoms with Crippen LogP contribution >= 0.6 is 0 Å². The Morgan fingerprint density at radius 2 is 1.71 bits per heavy atom. The summed E-state index contributed by atoms with van der Waals surface area (Å²) in [6, 6.07) is 14.8. The minimum absolute atomic E-state index is 0.0664. The fraction of sp³-hybridized carbons (Fsp3) is 0.176. The number of rotatable bonds is 6. The second kappa shape index (κ2) is 7.98. The topological polar surface area (TPSA) is 89.8 Å². The van der Waals surface area contributed by atoms with Gasteiger partial charge in [0.05, 0.1) is 11.5 Å². The predicted molar refractivity (Wildman–Crippen MR) is 87.4 cm³/mol. The number of benzene rings is 2. The van der Waals surface area contributed by atoms with Crippen LogP contribution in [0.15, 0.2) is 54.6 Å². The molecule has 124 valence electrons. The number of imide groups is 1. The number of nitro groups is 1. The van der Waals surface area contributed by atoms with Crippen molar-refractivity contribution < 1.29 is 19.2 Å². The zero-order valence-electron chi connectivity index (χ0n) is 13.0. The van der Waals surface area contributed by atoms with Gasteiger partial charge in [-0.15, -0.1) is 0 Å². The average molecular weight is 328 g/mol. The molecule has 7 heteroatoms. The lowest BCUT2D eigenvalue weighted by Crippen LogP contribution is -2.38. The SMILES string of the molecule is CC(=O)N(C(=O)COCc1ccccc1)c1ccccc1[N+](=O)[O-]. The Morgan fingerprint density at radius 1 is 1.08 bits per heavy atom. The Kier molecular flexibility index (Phi) is 5.75. The molecule has 0 aliphatic heterocycles. The van der Waals surface area contributed by atoms with Crippen LogP contribution in [0.1, 0.15) is 12.5 Å². The molecule has 2 aromatic rings. The molecule has 0 aliphatic carbocycles. The highest BCUT2D eigenvalue weighted by Crippen LogP contribution is 2.27. The zero-order valence-corrected chi connectivity index (χ0v) is 13.0. The molecule has 0 bridgehead atoms. The fourth-order valence-electron chi connectivity index (χ4n) is 2.18. The van der Waals surface area contributed by atoms with Crippen molar-refractivity contribution in [1.29, 1.82) is 0 Å². The first-order valence-corrected chi connectivity index (χ1v) is 7.19. The number of nitro benzene ring substituents is 1. The Balaban J connectivity index is 2.12. The molecule has 0 saturated heterocycles. The lowest BCUT2D eigenvalue weighted by molar-refractivity contribution is -0.384. The van der Waals surface area contributed by atoms with Gasteiger partial charge in [0.25, 0.3) is 11.6 Å². The third kappa shape index (κ3) is 4.23. The van der Waals surface area contributed by atoms with Gasteiger partial charge in [-0.2, -0.15) is 0 Å². The highest BCUT2D eigenvalue weighted by molar-refractivity contribution is 6.15. The van der Waals surface area contributed by atoms with Crippen LogP contribution in [0.2, 0.25) is 0 Å². The highest BCUT2D eigenvalue weighted by atomic mass is 16.6. The Morgan fingerprint density at radius 3 is 2.33 bits per heavy atom. The molecule has 0 unspecified atom stereocenters. The largest absolute Gasteiger partial charge is 0.367 e. The molecule has 2 amide bonds.